The van der Waals surface area contributed by atoms with E-state index in [1.165, 1.54) is 17.4 Å². The largest absolute Gasteiger partial charge is 0.370 e. The van der Waals surface area contributed by atoms with E-state index in [1.807, 2.05) is 23.1 Å². The maximum absolute atomic E-state index is 7.90. The van der Waals surface area contributed by atoms with Gasteiger partial charge in [-0.3, -0.25) is 5.41 Å². The Morgan fingerprint density at radius 1 is 1.32 bits per heavy atom. The van der Waals surface area contributed by atoms with E-state index in [2.05, 4.69) is 26.0 Å². The van der Waals surface area contributed by atoms with Crippen molar-refractivity contribution >= 4 is 34.0 Å². The normalized spacial score (nSPS) is 20.4. The first-order chi connectivity index (χ1) is 10.5. The van der Waals surface area contributed by atoms with Gasteiger partial charge in [-0.05, 0) is 29.5 Å². The van der Waals surface area contributed by atoms with Crippen LogP contribution in [0, 0.1) is 5.41 Å². The second-order valence-electron chi connectivity index (χ2n) is 6.43. The van der Waals surface area contributed by atoms with Gasteiger partial charge in [0, 0.05) is 28.1 Å². The van der Waals surface area contributed by atoms with Crippen molar-refractivity contribution in [2.45, 2.75) is 38.5 Å². The van der Waals surface area contributed by atoms with Crippen LogP contribution in [-0.4, -0.2) is 12.5 Å². The average Bonchev–Trinajstić information content (AvgIpc) is 2.80. The quantitative estimate of drug-likeness (QED) is 0.639. The number of benzene rings is 2. The SMILES string of the molecule is CCCCC1(C)CN(C(=N)N)c2ccc3c(Cl)cccc3c21. The van der Waals surface area contributed by atoms with Gasteiger partial charge < -0.3 is 10.6 Å². The average molecular weight is 316 g/mol. The van der Waals surface area contributed by atoms with Crippen LogP contribution in [0.2, 0.25) is 5.02 Å². The molecule has 116 valence electrons. The molecule has 0 saturated carbocycles. The Labute approximate surface area is 136 Å². The smallest absolute Gasteiger partial charge is 0.192 e. The van der Waals surface area contributed by atoms with E-state index < -0.39 is 0 Å². The highest BCUT2D eigenvalue weighted by atomic mass is 35.5. The van der Waals surface area contributed by atoms with Crippen molar-refractivity contribution in [1.82, 2.24) is 0 Å². The molecule has 1 aliphatic heterocycles. The van der Waals surface area contributed by atoms with Gasteiger partial charge in [0.25, 0.3) is 0 Å². The van der Waals surface area contributed by atoms with Gasteiger partial charge in [0.15, 0.2) is 5.96 Å². The minimum atomic E-state index is 0.00120. The number of unbranched alkanes of at least 4 members (excludes halogenated alkanes) is 1. The van der Waals surface area contributed by atoms with E-state index in [1.54, 1.807) is 0 Å². The molecule has 1 heterocycles. The molecule has 1 unspecified atom stereocenters. The highest BCUT2D eigenvalue weighted by Gasteiger charge is 2.40. The van der Waals surface area contributed by atoms with Gasteiger partial charge in [0.2, 0.25) is 0 Å². The molecule has 0 spiro atoms. The van der Waals surface area contributed by atoms with E-state index in [-0.39, 0.29) is 11.4 Å². The van der Waals surface area contributed by atoms with Crippen molar-refractivity contribution in [1.29, 1.82) is 5.41 Å². The Morgan fingerprint density at radius 2 is 2.09 bits per heavy atom. The molecule has 22 heavy (non-hydrogen) atoms. The lowest BCUT2D eigenvalue weighted by atomic mass is 9.78. The zero-order valence-electron chi connectivity index (χ0n) is 13.1. The Hall–Kier alpha value is -1.74. The second-order valence-corrected chi connectivity index (χ2v) is 6.84. The molecule has 0 saturated heterocycles. The van der Waals surface area contributed by atoms with Crippen LogP contribution in [0.4, 0.5) is 5.69 Å². The van der Waals surface area contributed by atoms with Gasteiger partial charge in [0.05, 0.1) is 0 Å². The molecule has 0 amide bonds. The number of hydrogen-bond acceptors (Lipinski definition) is 1. The fourth-order valence-electron chi connectivity index (χ4n) is 3.67. The summed E-state index contributed by atoms with van der Waals surface area (Å²) in [6.45, 7) is 5.26. The number of nitrogens with two attached hydrogens (primary N) is 1. The first-order valence-corrected chi connectivity index (χ1v) is 8.19. The number of fused-ring (bicyclic) bond motifs is 3. The highest BCUT2D eigenvalue weighted by molar-refractivity contribution is 6.35. The topological polar surface area (TPSA) is 53.1 Å². The van der Waals surface area contributed by atoms with Crippen molar-refractivity contribution in [3.05, 3.63) is 40.9 Å². The van der Waals surface area contributed by atoms with Crippen molar-refractivity contribution in [3.8, 4) is 0 Å². The molecule has 3 nitrogen and oxygen atoms in total. The molecule has 3 rings (SSSR count). The molecular weight excluding hydrogens is 294 g/mol. The zero-order valence-corrected chi connectivity index (χ0v) is 13.9. The maximum Gasteiger partial charge on any atom is 0.192 e. The standard InChI is InChI=1S/C18H22ClN3/c1-3-4-10-18(2)11-22(17(20)21)15-9-8-12-13(16(15)18)6-5-7-14(12)19/h5-9H,3-4,10-11H2,1-2H3,(H3,20,21). The van der Waals surface area contributed by atoms with Crippen molar-refractivity contribution in [2.24, 2.45) is 5.73 Å². The van der Waals surface area contributed by atoms with Gasteiger partial charge >= 0.3 is 0 Å². The fourth-order valence-corrected chi connectivity index (χ4v) is 3.90. The summed E-state index contributed by atoms with van der Waals surface area (Å²) in [5.41, 5.74) is 8.17. The number of rotatable bonds is 3. The third-order valence-corrected chi connectivity index (χ3v) is 5.09. The van der Waals surface area contributed by atoms with Crippen molar-refractivity contribution < 1.29 is 0 Å². The number of halogens is 1. The zero-order chi connectivity index (χ0) is 15.9. The molecule has 0 fully saturated rings. The third kappa shape index (κ3) is 2.24. The van der Waals surface area contributed by atoms with Gasteiger partial charge in [-0.15, -0.1) is 0 Å². The van der Waals surface area contributed by atoms with Crippen LogP contribution < -0.4 is 10.6 Å². The molecule has 0 bridgehead atoms. The van der Waals surface area contributed by atoms with E-state index >= 15 is 0 Å². The van der Waals surface area contributed by atoms with Crippen LogP contribution in [0.3, 0.4) is 0 Å². The van der Waals surface area contributed by atoms with Crippen LogP contribution >= 0.6 is 11.6 Å². The van der Waals surface area contributed by atoms with E-state index in [9.17, 15) is 0 Å². The fraction of sp³-hybridized carbons (Fsp3) is 0.389. The second kappa shape index (κ2) is 5.47. The van der Waals surface area contributed by atoms with Gasteiger partial charge in [-0.2, -0.15) is 0 Å². The Kier molecular flexibility index (Phi) is 3.77. The van der Waals surface area contributed by atoms with Gasteiger partial charge in [0.1, 0.15) is 0 Å². The summed E-state index contributed by atoms with van der Waals surface area (Å²) >= 11 is 6.37. The molecule has 0 radical (unpaired) electrons. The van der Waals surface area contributed by atoms with Crippen LogP contribution in [-0.2, 0) is 5.41 Å². The predicted octanol–water partition coefficient (Wildman–Crippen LogP) is 4.65. The summed E-state index contributed by atoms with van der Waals surface area (Å²) in [6, 6.07) is 10.2. The Morgan fingerprint density at radius 3 is 2.77 bits per heavy atom. The number of anilines is 1. The summed E-state index contributed by atoms with van der Waals surface area (Å²) in [6.07, 6.45) is 3.42. The molecule has 2 aromatic rings. The predicted molar refractivity (Wildman–Crippen MR) is 95.1 cm³/mol. The minimum Gasteiger partial charge on any atom is -0.370 e. The first kappa shape index (κ1) is 15.2. The molecule has 4 heteroatoms. The third-order valence-electron chi connectivity index (χ3n) is 4.76. The summed E-state index contributed by atoms with van der Waals surface area (Å²) in [4.78, 5) is 1.92. The first-order valence-electron chi connectivity index (χ1n) is 7.81. The van der Waals surface area contributed by atoms with Crippen molar-refractivity contribution in [3.63, 3.8) is 0 Å². The number of guanidine groups is 1. The van der Waals surface area contributed by atoms with Crippen molar-refractivity contribution in [2.75, 3.05) is 11.4 Å². The molecule has 1 atom stereocenters. The summed E-state index contributed by atoms with van der Waals surface area (Å²) in [7, 11) is 0. The number of nitrogens with zero attached hydrogens (tertiary/aromatic N) is 1. The lowest BCUT2D eigenvalue weighted by molar-refractivity contribution is 0.451. The highest BCUT2D eigenvalue weighted by Crippen LogP contribution is 2.47. The minimum absolute atomic E-state index is 0.00120. The molecule has 0 aromatic heterocycles. The van der Waals surface area contributed by atoms with Crippen LogP contribution in [0.5, 0.6) is 0 Å². The molecule has 2 aromatic carbocycles. The molecule has 3 N–H and O–H groups in total. The molecule has 0 aliphatic carbocycles. The summed E-state index contributed by atoms with van der Waals surface area (Å²) < 4.78 is 0. The lowest BCUT2D eigenvalue weighted by Crippen LogP contribution is -2.39. The van der Waals surface area contributed by atoms with Gasteiger partial charge in [-0.25, -0.2) is 0 Å². The summed E-state index contributed by atoms with van der Waals surface area (Å²) in [5, 5.41) is 10.9. The van der Waals surface area contributed by atoms with Crippen LogP contribution in [0.15, 0.2) is 30.3 Å². The van der Waals surface area contributed by atoms with Crippen LogP contribution in [0.25, 0.3) is 10.8 Å². The summed E-state index contributed by atoms with van der Waals surface area (Å²) in [5.74, 6) is 0.114. The maximum atomic E-state index is 7.90. The lowest BCUT2D eigenvalue weighted by Gasteiger charge is -2.26. The molecular formula is C18H22ClN3. The Balaban J connectivity index is 2.26. The van der Waals surface area contributed by atoms with E-state index in [0.717, 1.165) is 35.5 Å². The Bertz CT molecular complexity index is 740. The molecule has 1 aliphatic rings. The number of hydrogen-bond donors (Lipinski definition) is 2. The van der Waals surface area contributed by atoms with E-state index in [4.69, 9.17) is 22.7 Å². The number of nitrogens with one attached hydrogen (secondary N) is 1. The van der Waals surface area contributed by atoms with Gasteiger partial charge in [-0.1, -0.05) is 56.5 Å². The monoisotopic (exact) mass is 315 g/mol. The van der Waals surface area contributed by atoms with E-state index in [0.29, 0.717) is 0 Å². The van der Waals surface area contributed by atoms with Crippen LogP contribution in [0.1, 0.15) is 38.7 Å².